The van der Waals surface area contributed by atoms with Crippen molar-refractivity contribution in [2.45, 2.75) is 4.95 Å². The third kappa shape index (κ3) is 1.44. The van der Waals surface area contributed by atoms with E-state index in [2.05, 4.69) is 25.0 Å². The number of nitrogens with zero attached hydrogens (tertiary/aromatic N) is 1. The highest BCUT2D eigenvalue weighted by Gasteiger charge is 2.24. The molecule has 1 aliphatic rings. The van der Waals surface area contributed by atoms with Crippen LogP contribution in [0.1, 0.15) is 0 Å². The van der Waals surface area contributed by atoms with E-state index in [1.165, 1.54) is 0 Å². The van der Waals surface area contributed by atoms with E-state index in [1.54, 1.807) is 0 Å². The second kappa shape index (κ2) is 2.68. The number of nitrogens with one attached hydrogen (secondary N) is 1. The molecule has 0 saturated heterocycles. The van der Waals surface area contributed by atoms with Crippen molar-refractivity contribution in [2.24, 2.45) is 4.40 Å². The number of hydrogen-bond donors (Lipinski definition) is 2. The predicted molar refractivity (Wildman–Crippen MR) is 38.5 cm³/mol. The van der Waals surface area contributed by atoms with Crippen LogP contribution < -0.4 is 4.72 Å². The minimum absolute atomic E-state index is 0.111. The lowest BCUT2D eigenvalue weighted by molar-refractivity contribution is -0.129. The van der Waals surface area contributed by atoms with Gasteiger partial charge in [0, 0.05) is 0 Å². The number of carboxylic acid groups (broad SMARTS) is 1. The summed E-state index contributed by atoms with van der Waals surface area (Å²) in [5.41, 5.74) is 0.111. The Kier molecular flexibility index (Phi) is 2.09. The third-order valence-corrected chi connectivity index (χ3v) is 2.35. The minimum atomic E-state index is -0.991. The van der Waals surface area contributed by atoms with Crippen LogP contribution in [0.25, 0.3) is 0 Å². The molecule has 0 saturated carbocycles. The van der Waals surface area contributed by atoms with Crippen LogP contribution in [0.2, 0.25) is 0 Å². The summed E-state index contributed by atoms with van der Waals surface area (Å²) in [6.07, 6.45) is 0. The quantitative estimate of drug-likeness (QED) is 0.374. The van der Waals surface area contributed by atoms with Crippen LogP contribution in [-0.4, -0.2) is 21.7 Å². The number of aliphatic carboxylic acids is 1. The van der Waals surface area contributed by atoms with Crippen LogP contribution in [0.4, 0.5) is 0 Å². The summed E-state index contributed by atoms with van der Waals surface area (Å²) in [5, 5.41) is 8.37. The summed E-state index contributed by atoms with van der Waals surface area (Å²) >= 11 is 4.09. The van der Waals surface area contributed by atoms with E-state index in [0.29, 0.717) is 0 Å². The second-order valence-corrected chi connectivity index (χ2v) is 2.87. The molecule has 0 aliphatic carbocycles. The fraction of sp³-hybridized carbons (Fsp3) is 0.333. The van der Waals surface area contributed by atoms with E-state index in [9.17, 15) is 4.79 Å². The van der Waals surface area contributed by atoms with Gasteiger partial charge in [0.1, 0.15) is 4.95 Å². The molecule has 4 nitrogen and oxygen atoms in total. The summed E-state index contributed by atoms with van der Waals surface area (Å²) in [6.45, 7) is 0. The molecule has 1 heterocycles. The van der Waals surface area contributed by atoms with Gasteiger partial charge in [0.2, 0.25) is 0 Å². The SMILES string of the molecule is O=C(O)C1=NSNC1Br. The van der Waals surface area contributed by atoms with Gasteiger partial charge in [-0.3, -0.25) is 0 Å². The van der Waals surface area contributed by atoms with E-state index >= 15 is 0 Å². The molecular formula is C3H3BrN2O2S. The third-order valence-electron chi connectivity index (χ3n) is 0.759. The fourth-order valence-corrected chi connectivity index (χ4v) is 1.59. The number of alkyl halides is 1. The Bertz CT molecular complexity index is 171. The Balaban J connectivity index is 2.68. The Morgan fingerprint density at radius 3 is 2.89 bits per heavy atom. The van der Waals surface area contributed by atoms with Gasteiger partial charge in [-0.05, 0) is 0 Å². The van der Waals surface area contributed by atoms with Gasteiger partial charge in [0.25, 0.3) is 0 Å². The molecule has 9 heavy (non-hydrogen) atoms. The van der Waals surface area contributed by atoms with Crippen molar-refractivity contribution in [3.8, 4) is 0 Å². The highest BCUT2D eigenvalue weighted by atomic mass is 79.9. The van der Waals surface area contributed by atoms with E-state index < -0.39 is 5.97 Å². The molecular weight excluding hydrogens is 208 g/mol. The largest absolute Gasteiger partial charge is 0.477 e. The number of halogens is 1. The van der Waals surface area contributed by atoms with Crippen molar-refractivity contribution in [1.29, 1.82) is 0 Å². The number of carbonyl (C=O) groups is 1. The second-order valence-electron chi connectivity index (χ2n) is 1.35. The molecule has 0 aromatic carbocycles. The molecule has 0 bridgehead atoms. The van der Waals surface area contributed by atoms with Gasteiger partial charge in [-0.1, -0.05) is 15.9 Å². The highest BCUT2D eigenvalue weighted by Crippen LogP contribution is 2.15. The van der Waals surface area contributed by atoms with Crippen LogP contribution in [0.5, 0.6) is 0 Å². The molecule has 1 rings (SSSR count). The summed E-state index contributed by atoms with van der Waals surface area (Å²) in [7, 11) is 0. The van der Waals surface area contributed by atoms with Crippen LogP contribution in [0, 0.1) is 0 Å². The van der Waals surface area contributed by atoms with Gasteiger partial charge in [-0.2, -0.15) is 4.40 Å². The Morgan fingerprint density at radius 2 is 2.67 bits per heavy atom. The monoisotopic (exact) mass is 210 g/mol. The van der Waals surface area contributed by atoms with Crippen LogP contribution in [-0.2, 0) is 4.79 Å². The average molecular weight is 211 g/mol. The topological polar surface area (TPSA) is 61.7 Å². The Hall–Kier alpha value is -0.0700. The van der Waals surface area contributed by atoms with Crippen LogP contribution in [0.3, 0.4) is 0 Å². The smallest absolute Gasteiger partial charge is 0.353 e. The molecule has 1 aliphatic heterocycles. The molecule has 1 atom stereocenters. The molecule has 50 valence electrons. The van der Waals surface area contributed by atoms with Gasteiger partial charge in [-0.25, -0.2) is 9.52 Å². The maximum atomic E-state index is 10.2. The van der Waals surface area contributed by atoms with E-state index in [4.69, 9.17) is 5.11 Å². The predicted octanol–water partition coefficient (Wildman–Crippen LogP) is 0.399. The Morgan fingerprint density at radius 1 is 2.00 bits per heavy atom. The van der Waals surface area contributed by atoms with Crippen molar-refractivity contribution in [3.63, 3.8) is 0 Å². The minimum Gasteiger partial charge on any atom is -0.477 e. The number of carboxylic acids is 1. The highest BCUT2D eigenvalue weighted by molar-refractivity contribution is 9.10. The average Bonchev–Trinajstić information content (AvgIpc) is 2.13. The van der Waals surface area contributed by atoms with E-state index in [-0.39, 0.29) is 10.7 Å². The van der Waals surface area contributed by atoms with Crippen molar-refractivity contribution in [1.82, 2.24) is 4.72 Å². The zero-order valence-electron chi connectivity index (χ0n) is 4.17. The van der Waals surface area contributed by atoms with Gasteiger partial charge in [0.15, 0.2) is 5.71 Å². The van der Waals surface area contributed by atoms with E-state index in [0.717, 1.165) is 12.1 Å². The van der Waals surface area contributed by atoms with Crippen molar-refractivity contribution >= 4 is 39.7 Å². The lowest BCUT2D eigenvalue weighted by Crippen LogP contribution is -2.26. The summed E-state index contributed by atoms with van der Waals surface area (Å²) in [4.78, 5) is 9.88. The maximum Gasteiger partial charge on any atom is 0.353 e. The van der Waals surface area contributed by atoms with E-state index in [1.807, 2.05) is 0 Å². The molecule has 0 amide bonds. The summed E-state index contributed by atoms with van der Waals surface area (Å²) in [6, 6.07) is 0. The molecule has 0 aromatic heterocycles. The first-order valence-electron chi connectivity index (χ1n) is 2.08. The molecule has 1 unspecified atom stereocenters. The molecule has 0 radical (unpaired) electrons. The standard InChI is InChI=1S/C3H3BrN2O2S/c4-2-1(3(7)8)5-9-6-2/h2,6H,(H,7,8). The zero-order chi connectivity index (χ0) is 6.85. The molecule has 0 spiro atoms. The van der Waals surface area contributed by atoms with Crippen molar-refractivity contribution in [3.05, 3.63) is 0 Å². The van der Waals surface area contributed by atoms with Gasteiger partial charge < -0.3 is 5.11 Å². The maximum absolute atomic E-state index is 10.2. The first-order chi connectivity index (χ1) is 4.22. The first-order valence-corrected chi connectivity index (χ1v) is 3.77. The first kappa shape index (κ1) is 7.04. The van der Waals surface area contributed by atoms with Gasteiger partial charge >= 0.3 is 5.97 Å². The lowest BCUT2D eigenvalue weighted by Gasteiger charge is -1.96. The molecule has 0 aromatic rings. The van der Waals surface area contributed by atoms with Gasteiger partial charge in [-0.15, -0.1) is 0 Å². The van der Waals surface area contributed by atoms with Crippen molar-refractivity contribution < 1.29 is 9.90 Å². The van der Waals surface area contributed by atoms with Gasteiger partial charge in [0.05, 0.1) is 12.1 Å². The summed E-state index contributed by atoms with van der Waals surface area (Å²) < 4.78 is 6.29. The van der Waals surface area contributed by atoms with Crippen LogP contribution >= 0.6 is 28.1 Å². The van der Waals surface area contributed by atoms with Crippen LogP contribution in [0.15, 0.2) is 4.40 Å². The lowest BCUT2D eigenvalue weighted by atomic mass is 10.4. The Labute approximate surface area is 64.1 Å². The summed E-state index contributed by atoms with van der Waals surface area (Å²) in [5.74, 6) is -0.991. The zero-order valence-corrected chi connectivity index (χ0v) is 6.57. The van der Waals surface area contributed by atoms with Crippen molar-refractivity contribution in [2.75, 3.05) is 0 Å². The number of hydrogen-bond acceptors (Lipinski definition) is 4. The molecule has 0 fully saturated rings. The molecule has 2 N–H and O–H groups in total. The number of rotatable bonds is 1. The molecule has 6 heteroatoms. The normalized spacial score (nSPS) is 25.9. The fourth-order valence-electron chi connectivity index (χ4n) is 0.371.